The monoisotopic (exact) mass is 212 g/mol. The summed E-state index contributed by atoms with van der Waals surface area (Å²) in [6.45, 7) is 1.41. The van der Waals surface area contributed by atoms with Crippen molar-refractivity contribution in [1.29, 1.82) is 0 Å². The number of amides is 2. The lowest BCUT2D eigenvalue weighted by atomic mass is 9.84. The highest BCUT2D eigenvalue weighted by Crippen LogP contribution is 2.27. The number of nitrogens with two attached hydrogens (primary N) is 1. The van der Waals surface area contributed by atoms with Crippen LogP contribution < -0.4 is 11.1 Å². The van der Waals surface area contributed by atoms with Crippen LogP contribution in [0.3, 0.4) is 0 Å². The molecule has 1 saturated carbocycles. The maximum Gasteiger partial charge on any atom is 0.240 e. The zero-order valence-electron chi connectivity index (χ0n) is 9.29. The van der Waals surface area contributed by atoms with Crippen LogP contribution in [0.25, 0.3) is 0 Å². The first kappa shape index (κ1) is 12.0. The molecule has 15 heavy (non-hydrogen) atoms. The Kier molecular flexibility index (Phi) is 4.59. The summed E-state index contributed by atoms with van der Waals surface area (Å²) in [5.41, 5.74) is 5.25. The molecule has 4 heteroatoms. The Morgan fingerprint density at radius 1 is 1.33 bits per heavy atom. The molecule has 1 rings (SSSR count). The molecule has 1 aliphatic rings. The zero-order chi connectivity index (χ0) is 11.3. The third-order valence-corrected chi connectivity index (χ3v) is 3.01. The topological polar surface area (TPSA) is 72.2 Å². The molecule has 0 aromatic carbocycles. The van der Waals surface area contributed by atoms with Gasteiger partial charge in [-0.3, -0.25) is 9.59 Å². The van der Waals surface area contributed by atoms with E-state index in [1.165, 1.54) is 26.2 Å². The second kappa shape index (κ2) is 5.73. The second-order valence-electron chi connectivity index (χ2n) is 4.40. The third-order valence-electron chi connectivity index (χ3n) is 3.01. The van der Waals surface area contributed by atoms with Crippen LogP contribution in [-0.4, -0.2) is 17.9 Å². The van der Waals surface area contributed by atoms with E-state index < -0.39 is 11.9 Å². The van der Waals surface area contributed by atoms with E-state index in [4.69, 9.17) is 5.73 Å². The predicted molar refractivity (Wildman–Crippen MR) is 58.0 cm³/mol. The SMILES string of the molecule is CC(=O)N[C@H](CC1CCCCC1)C(N)=O. The van der Waals surface area contributed by atoms with Gasteiger partial charge in [0.25, 0.3) is 0 Å². The third kappa shape index (κ3) is 4.32. The Morgan fingerprint density at radius 3 is 2.40 bits per heavy atom. The van der Waals surface area contributed by atoms with Crippen molar-refractivity contribution in [2.45, 2.75) is 51.5 Å². The van der Waals surface area contributed by atoms with Crippen molar-refractivity contribution in [1.82, 2.24) is 5.32 Å². The van der Waals surface area contributed by atoms with Crippen molar-refractivity contribution in [2.24, 2.45) is 11.7 Å². The molecular formula is C11H20N2O2. The molecule has 4 nitrogen and oxygen atoms in total. The van der Waals surface area contributed by atoms with Crippen molar-refractivity contribution in [2.75, 3.05) is 0 Å². The molecule has 0 aliphatic heterocycles. The standard InChI is InChI=1S/C11H20N2O2/c1-8(14)13-10(11(12)15)7-9-5-3-2-4-6-9/h9-10H,2-7H2,1H3,(H2,12,15)(H,13,14)/t10-/m1/s1. The second-order valence-corrected chi connectivity index (χ2v) is 4.40. The summed E-state index contributed by atoms with van der Waals surface area (Å²) in [5, 5.41) is 2.61. The molecule has 0 unspecified atom stereocenters. The normalized spacial score (nSPS) is 19.5. The molecule has 2 amide bonds. The van der Waals surface area contributed by atoms with Gasteiger partial charge in [-0.2, -0.15) is 0 Å². The summed E-state index contributed by atoms with van der Waals surface area (Å²) in [7, 11) is 0. The van der Waals surface area contributed by atoms with Crippen LogP contribution >= 0.6 is 0 Å². The lowest BCUT2D eigenvalue weighted by molar-refractivity contribution is -0.126. The molecule has 0 aromatic heterocycles. The van der Waals surface area contributed by atoms with Gasteiger partial charge < -0.3 is 11.1 Å². The summed E-state index contributed by atoms with van der Waals surface area (Å²) in [6.07, 6.45) is 6.77. The Morgan fingerprint density at radius 2 is 1.93 bits per heavy atom. The zero-order valence-corrected chi connectivity index (χ0v) is 9.29. The first-order chi connectivity index (χ1) is 7.09. The first-order valence-corrected chi connectivity index (χ1v) is 5.66. The largest absolute Gasteiger partial charge is 0.368 e. The molecule has 1 aliphatic carbocycles. The van der Waals surface area contributed by atoms with Gasteiger partial charge in [0.1, 0.15) is 6.04 Å². The maximum absolute atomic E-state index is 11.1. The van der Waals surface area contributed by atoms with Gasteiger partial charge in [-0.1, -0.05) is 32.1 Å². The number of carbonyl (C=O) groups excluding carboxylic acids is 2. The van der Waals surface area contributed by atoms with Crippen molar-refractivity contribution < 1.29 is 9.59 Å². The summed E-state index contributed by atoms with van der Waals surface area (Å²) in [6, 6.07) is -0.481. The number of nitrogens with one attached hydrogen (secondary N) is 1. The summed E-state index contributed by atoms with van der Waals surface area (Å²) in [5.74, 6) is -0.0616. The number of primary amides is 1. The molecule has 3 N–H and O–H groups in total. The minimum absolute atomic E-state index is 0.186. The smallest absolute Gasteiger partial charge is 0.240 e. The van der Waals surface area contributed by atoms with E-state index in [9.17, 15) is 9.59 Å². The van der Waals surface area contributed by atoms with Crippen LogP contribution in [0, 0.1) is 5.92 Å². The van der Waals surface area contributed by atoms with E-state index in [1.54, 1.807) is 0 Å². The van der Waals surface area contributed by atoms with Crippen LogP contribution in [0.1, 0.15) is 45.4 Å². The van der Waals surface area contributed by atoms with Crippen LogP contribution in [0.5, 0.6) is 0 Å². The van der Waals surface area contributed by atoms with Crippen molar-refractivity contribution in [3.05, 3.63) is 0 Å². The van der Waals surface area contributed by atoms with Crippen molar-refractivity contribution in [3.63, 3.8) is 0 Å². The minimum atomic E-state index is -0.481. The van der Waals surface area contributed by atoms with Gasteiger partial charge in [0.05, 0.1) is 0 Å². The number of hydrogen-bond acceptors (Lipinski definition) is 2. The van der Waals surface area contributed by atoms with Gasteiger partial charge in [0.2, 0.25) is 11.8 Å². The Labute approximate surface area is 90.6 Å². The fourth-order valence-corrected chi connectivity index (χ4v) is 2.25. The Balaban J connectivity index is 2.42. The van der Waals surface area contributed by atoms with Gasteiger partial charge in [0.15, 0.2) is 0 Å². The molecule has 1 fully saturated rings. The van der Waals surface area contributed by atoms with Gasteiger partial charge in [0, 0.05) is 6.92 Å². The highest BCUT2D eigenvalue weighted by atomic mass is 16.2. The van der Waals surface area contributed by atoms with Crippen LogP contribution in [0.4, 0.5) is 0 Å². The van der Waals surface area contributed by atoms with Gasteiger partial charge >= 0.3 is 0 Å². The summed E-state index contributed by atoms with van der Waals surface area (Å²) >= 11 is 0. The van der Waals surface area contributed by atoms with E-state index in [0.29, 0.717) is 12.3 Å². The van der Waals surface area contributed by atoms with E-state index in [0.717, 1.165) is 12.8 Å². The molecule has 0 radical (unpaired) electrons. The Hall–Kier alpha value is -1.06. The lowest BCUT2D eigenvalue weighted by Gasteiger charge is -2.25. The molecule has 86 valence electrons. The molecule has 0 aromatic rings. The van der Waals surface area contributed by atoms with Crippen LogP contribution in [0.15, 0.2) is 0 Å². The fraction of sp³-hybridized carbons (Fsp3) is 0.818. The number of rotatable bonds is 4. The van der Waals surface area contributed by atoms with E-state index in [-0.39, 0.29) is 5.91 Å². The summed E-state index contributed by atoms with van der Waals surface area (Å²) < 4.78 is 0. The van der Waals surface area contributed by atoms with Crippen LogP contribution in [-0.2, 0) is 9.59 Å². The average molecular weight is 212 g/mol. The molecule has 0 saturated heterocycles. The van der Waals surface area contributed by atoms with Crippen molar-refractivity contribution in [3.8, 4) is 0 Å². The van der Waals surface area contributed by atoms with E-state index in [1.807, 2.05) is 0 Å². The van der Waals surface area contributed by atoms with Crippen LogP contribution in [0.2, 0.25) is 0 Å². The number of carbonyl (C=O) groups is 2. The van der Waals surface area contributed by atoms with E-state index >= 15 is 0 Å². The predicted octanol–water partition coefficient (Wildman–Crippen LogP) is 0.947. The van der Waals surface area contributed by atoms with E-state index in [2.05, 4.69) is 5.32 Å². The molecule has 0 bridgehead atoms. The van der Waals surface area contributed by atoms with Gasteiger partial charge in [-0.25, -0.2) is 0 Å². The first-order valence-electron chi connectivity index (χ1n) is 5.66. The molecule has 0 spiro atoms. The van der Waals surface area contributed by atoms with Crippen molar-refractivity contribution >= 4 is 11.8 Å². The molecule has 1 atom stereocenters. The highest BCUT2D eigenvalue weighted by Gasteiger charge is 2.22. The maximum atomic E-state index is 11.1. The molecular weight excluding hydrogens is 192 g/mol. The quantitative estimate of drug-likeness (QED) is 0.728. The van der Waals surface area contributed by atoms with Gasteiger partial charge in [-0.15, -0.1) is 0 Å². The van der Waals surface area contributed by atoms with Gasteiger partial charge in [-0.05, 0) is 12.3 Å². The minimum Gasteiger partial charge on any atom is -0.368 e. The average Bonchev–Trinajstić information content (AvgIpc) is 2.17. The number of hydrogen-bond donors (Lipinski definition) is 2. The molecule has 0 heterocycles. The fourth-order valence-electron chi connectivity index (χ4n) is 2.25. The highest BCUT2D eigenvalue weighted by molar-refractivity contribution is 5.85. The Bertz CT molecular complexity index is 235. The summed E-state index contributed by atoms with van der Waals surface area (Å²) in [4.78, 5) is 22.0. The lowest BCUT2D eigenvalue weighted by Crippen LogP contribution is -2.44.